The van der Waals surface area contributed by atoms with Gasteiger partial charge in [0, 0.05) is 30.6 Å². The number of hydrogen-bond donors (Lipinski definition) is 2. The van der Waals surface area contributed by atoms with Crippen molar-refractivity contribution in [3.05, 3.63) is 89.0 Å². The second-order valence-corrected chi connectivity index (χ2v) is 9.65. The average molecular weight is 460 g/mol. The number of nitrogens with zero attached hydrogens (tertiary/aromatic N) is 3. The molecule has 0 saturated carbocycles. The molecule has 1 aliphatic heterocycles. The number of rotatable bonds is 7. The molecule has 4 rings (SSSR count). The van der Waals surface area contributed by atoms with Gasteiger partial charge in [0.15, 0.2) is 12.4 Å². The van der Waals surface area contributed by atoms with Gasteiger partial charge in [-0.3, -0.25) is 4.79 Å². The van der Waals surface area contributed by atoms with Crippen LogP contribution < -0.4 is 15.4 Å². The van der Waals surface area contributed by atoms with Crippen molar-refractivity contribution in [3.8, 4) is 0 Å². The van der Waals surface area contributed by atoms with Crippen molar-refractivity contribution in [2.24, 2.45) is 5.92 Å². The highest BCUT2D eigenvalue weighted by molar-refractivity contribution is 6.07. The summed E-state index contributed by atoms with van der Waals surface area (Å²) >= 11 is 0. The Hall–Kier alpha value is -3.45. The predicted molar refractivity (Wildman–Crippen MR) is 135 cm³/mol. The van der Waals surface area contributed by atoms with Crippen LogP contribution in [0.5, 0.6) is 0 Å². The van der Waals surface area contributed by atoms with Crippen molar-refractivity contribution in [2.75, 3.05) is 30.8 Å². The van der Waals surface area contributed by atoms with Crippen molar-refractivity contribution in [2.45, 2.75) is 38.6 Å². The second kappa shape index (κ2) is 10.2. The van der Waals surface area contributed by atoms with Crippen LogP contribution in [0, 0.1) is 11.1 Å². The topological polar surface area (TPSA) is 84.2 Å². The molecule has 0 atom stereocenters. The summed E-state index contributed by atoms with van der Waals surface area (Å²) < 4.78 is 0.739. The number of hydrogen-bond acceptors (Lipinski definition) is 5. The number of carbonyl (C=O) groups excluding carboxylic acids is 1. The summed E-state index contributed by atoms with van der Waals surface area (Å²) in [6.07, 6.45) is 6.95. The molecule has 1 aliphatic rings. The van der Waals surface area contributed by atoms with Crippen molar-refractivity contribution in [3.63, 3.8) is 0 Å². The summed E-state index contributed by atoms with van der Waals surface area (Å²) in [5.41, 5.74) is 3.53. The first kappa shape index (κ1) is 23.7. The van der Waals surface area contributed by atoms with E-state index in [1.165, 1.54) is 30.8 Å². The molecule has 7 nitrogen and oxygen atoms in total. The van der Waals surface area contributed by atoms with Gasteiger partial charge in [-0.2, -0.15) is 4.73 Å². The number of nitrogens with one attached hydrogen (secondary N) is 2. The summed E-state index contributed by atoms with van der Waals surface area (Å²) in [6.45, 7) is 7.40. The minimum absolute atomic E-state index is 0.0903. The first-order valence-electron chi connectivity index (χ1n) is 11.8. The lowest BCUT2D eigenvalue weighted by Gasteiger charge is -2.40. The van der Waals surface area contributed by atoms with E-state index in [9.17, 15) is 10.0 Å². The van der Waals surface area contributed by atoms with Crippen molar-refractivity contribution in [1.82, 2.24) is 9.88 Å². The molecule has 1 aromatic carbocycles. The summed E-state index contributed by atoms with van der Waals surface area (Å²) in [6, 6.07) is 15.2. The predicted octanol–water partition coefficient (Wildman–Crippen LogP) is 4.20. The van der Waals surface area contributed by atoms with Gasteiger partial charge in [-0.1, -0.05) is 26.0 Å². The van der Waals surface area contributed by atoms with Gasteiger partial charge in [0.25, 0.3) is 5.91 Å². The summed E-state index contributed by atoms with van der Waals surface area (Å²) in [5.74, 6) is 0.930. The number of piperidine rings is 1. The molecule has 2 aromatic heterocycles. The Balaban J connectivity index is 1.41. The zero-order valence-corrected chi connectivity index (χ0v) is 20.1. The lowest BCUT2D eigenvalue weighted by molar-refractivity contribution is -0.605. The van der Waals surface area contributed by atoms with Crippen LogP contribution in [0.4, 0.5) is 11.5 Å². The molecule has 1 saturated heterocycles. The van der Waals surface area contributed by atoms with E-state index < -0.39 is 0 Å². The standard InChI is InChI=1S/C27H33N5O2/c1-27(2,22-12-15-31(3)16-13-22)21-6-8-23(9-7-21)30-26(33)24-5-4-14-28-25(24)29-19-20-10-17-32(34)18-11-20/h4-11,14,17-18,22H,12-13,15-16,19H2,1-3H3,(H,28,29)(H,30,33). The van der Waals surface area contributed by atoms with Gasteiger partial charge in [-0.25, -0.2) is 4.98 Å². The Kier molecular flexibility index (Phi) is 7.12. The molecule has 3 heterocycles. The fourth-order valence-electron chi connectivity index (χ4n) is 4.62. The van der Waals surface area contributed by atoms with Crippen LogP contribution in [0.25, 0.3) is 0 Å². The summed E-state index contributed by atoms with van der Waals surface area (Å²) in [5, 5.41) is 17.4. The van der Waals surface area contributed by atoms with Crippen molar-refractivity contribution >= 4 is 17.4 Å². The van der Waals surface area contributed by atoms with Gasteiger partial charge >= 0.3 is 0 Å². The largest absolute Gasteiger partial charge is 0.619 e. The number of likely N-dealkylation sites (tertiary alicyclic amines) is 1. The maximum absolute atomic E-state index is 13.0. The molecule has 0 bridgehead atoms. The van der Waals surface area contributed by atoms with Gasteiger partial charge < -0.3 is 20.7 Å². The normalized spacial score (nSPS) is 15.1. The van der Waals surface area contributed by atoms with E-state index >= 15 is 0 Å². The van der Waals surface area contributed by atoms with E-state index in [-0.39, 0.29) is 11.3 Å². The van der Waals surface area contributed by atoms with Gasteiger partial charge in [-0.05, 0) is 79.7 Å². The lowest BCUT2D eigenvalue weighted by atomic mass is 9.69. The monoisotopic (exact) mass is 459 g/mol. The first-order valence-corrected chi connectivity index (χ1v) is 11.8. The van der Waals surface area contributed by atoms with Crippen LogP contribution >= 0.6 is 0 Å². The highest BCUT2D eigenvalue weighted by atomic mass is 16.5. The van der Waals surface area contributed by atoms with Gasteiger partial charge in [0.2, 0.25) is 0 Å². The third-order valence-corrected chi connectivity index (χ3v) is 7.01. The fourth-order valence-corrected chi connectivity index (χ4v) is 4.62. The SMILES string of the molecule is CN1CCC(C(C)(C)c2ccc(NC(=O)c3cccnc3NCc3cc[n+]([O-])cc3)cc2)CC1. The molecule has 7 heteroatoms. The number of pyridine rings is 2. The van der Waals surface area contributed by atoms with Gasteiger partial charge in [0.05, 0.1) is 5.56 Å². The van der Waals surface area contributed by atoms with Gasteiger partial charge in [0.1, 0.15) is 5.82 Å². The van der Waals surface area contributed by atoms with Crippen LogP contribution in [0.2, 0.25) is 0 Å². The third-order valence-electron chi connectivity index (χ3n) is 7.01. The Labute approximate surface area is 201 Å². The molecule has 1 amide bonds. The van der Waals surface area contributed by atoms with Gasteiger partial charge in [-0.15, -0.1) is 0 Å². The maximum atomic E-state index is 13.0. The summed E-state index contributed by atoms with van der Waals surface area (Å²) in [4.78, 5) is 19.7. The van der Waals surface area contributed by atoms with Crippen LogP contribution in [0.1, 0.15) is 48.2 Å². The first-order chi connectivity index (χ1) is 16.3. The number of benzene rings is 1. The van der Waals surface area contributed by atoms with Crippen LogP contribution in [0.15, 0.2) is 67.1 Å². The molecule has 3 aromatic rings. The van der Waals surface area contributed by atoms with Crippen molar-refractivity contribution < 1.29 is 9.52 Å². The maximum Gasteiger partial charge on any atom is 0.259 e. The molecule has 1 fully saturated rings. The van der Waals surface area contributed by atoms with Crippen LogP contribution in [-0.2, 0) is 12.0 Å². The van der Waals surface area contributed by atoms with E-state index in [0.29, 0.717) is 23.8 Å². The van der Waals surface area contributed by atoms with E-state index in [4.69, 9.17) is 0 Å². The fraction of sp³-hybridized carbons (Fsp3) is 0.370. The molecule has 2 N–H and O–H groups in total. The highest BCUT2D eigenvalue weighted by Gasteiger charge is 2.33. The third kappa shape index (κ3) is 5.54. The smallest absolute Gasteiger partial charge is 0.259 e. The molecule has 0 aliphatic carbocycles. The zero-order valence-electron chi connectivity index (χ0n) is 20.1. The van der Waals surface area contributed by atoms with Crippen molar-refractivity contribution in [1.29, 1.82) is 0 Å². The Morgan fingerprint density at radius 2 is 1.79 bits per heavy atom. The van der Waals surface area contributed by atoms with E-state index in [2.05, 4.69) is 53.5 Å². The Bertz CT molecular complexity index is 1100. The van der Waals surface area contributed by atoms with Crippen LogP contribution in [0.3, 0.4) is 0 Å². The minimum Gasteiger partial charge on any atom is -0.619 e. The Morgan fingerprint density at radius 3 is 2.47 bits per heavy atom. The molecule has 0 unspecified atom stereocenters. The molecular formula is C27H33N5O2. The number of amides is 1. The number of anilines is 2. The van der Waals surface area contributed by atoms with E-state index in [0.717, 1.165) is 29.1 Å². The Morgan fingerprint density at radius 1 is 1.12 bits per heavy atom. The molecule has 0 spiro atoms. The molecule has 178 valence electrons. The zero-order chi connectivity index (χ0) is 24.1. The summed E-state index contributed by atoms with van der Waals surface area (Å²) in [7, 11) is 2.19. The quantitative estimate of drug-likeness (QED) is 0.409. The van der Waals surface area contributed by atoms with Crippen LogP contribution in [-0.4, -0.2) is 35.9 Å². The lowest BCUT2D eigenvalue weighted by Crippen LogP contribution is -2.39. The van der Waals surface area contributed by atoms with E-state index in [1.54, 1.807) is 30.5 Å². The number of aromatic nitrogens is 2. The minimum atomic E-state index is -0.219. The molecule has 34 heavy (non-hydrogen) atoms. The number of carbonyl (C=O) groups is 1. The molecule has 0 radical (unpaired) electrons. The molecular weight excluding hydrogens is 426 g/mol. The second-order valence-electron chi connectivity index (χ2n) is 9.65. The average Bonchev–Trinajstić information content (AvgIpc) is 2.84. The highest BCUT2D eigenvalue weighted by Crippen LogP contribution is 2.38. The van der Waals surface area contributed by atoms with E-state index in [1.807, 2.05) is 12.1 Å².